The number of carbonyl (C=O) groups is 1. The predicted molar refractivity (Wildman–Crippen MR) is 131 cm³/mol. The van der Waals surface area contributed by atoms with E-state index in [0.717, 1.165) is 12.7 Å². The van der Waals surface area contributed by atoms with Crippen molar-refractivity contribution in [3.05, 3.63) is 9.67 Å². The molecule has 0 aromatic carbocycles. The fourth-order valence-electron chi connectivity index (χ4n) is 3.71. The van der Waals surface area contributed by atoms with Crippen LogP contribution in [0.2, 0.25) is 31.4 Å². The fraction of sp³-hybridized carbons (Fsp3) is 0.875. The third-order valence-electron chi connectivity index (χ3n) is 6.92. The van der Waals surface area contributed by atoms with Gasteiger partial charge in [0.1, 0.15) is 0 Å². The molecule has 0 unspecified atom stereocenters. The monoisotopic (exact) mass is 518 g/mol. The van der Waals surface area contributed by atoms with Crippen LogP contribution in [0, 0.1) is 0 Å². The van der Waals surface area contributed by atoms with E-state index in [0.29, 0.717) is 0 Å². The standard InChI is InChI=1S/C12H23O2Si.3C4H9.Sn/c1-7-8-9-11(10-13)14-15(5,6)12(2,3)4;3*1-3-4-2;/h8,10-11H,9H2,1-6H3;3*1,3-4H2,2H3;/t11-;;;;/m0..../s1. The first kappa shape index (κ1) is 28.4. The van der Waals surface area contributed by atoms with E-state index >= 15 is 0 Å². The van der Waals surface area contributed by atoms with E-state index < -0.39 is 26.7 Å². The molecule has 0 fully saturated rings. The van der Waals surface area contributed by atoms with Gasteiger partial charge in [-0.15, -0.1) is 0 Å². The number of carbonyl (C=O) groups excluding carboxylic acids is 1. The molecule has 0 spiro atoms. The molecule has 0 aliphatic rings. The van der Waals surface area contributed by atoms with Gasteiger partial charge >= 0.3 is 183 Å². The Labute approximate surface area is 182 Å². The summed E-state index contributed by atoms with van der Waals surface area (Å²) < 4.78 is 12.6. The maximum absolute atomic E-state index is 11.8. The number of hydrogen-bond donors (Lipinski definition) is 0. The molecule has 0 N–H and O–H groups in total. The van der Waals surface area contributed by atoms with E-state index in [1.807, 2.05) is 0 Å². The summed E-state index contributed by atoms with van der Waals surface area (Å²) in [6.07, 6.45) is 12.0. The van der Waals surface area contributed by atoms with Crippen LogP contribution in [0.15, 0.2) is 9.67 Å². The molecule has 0 aliphatic carbocycles. The van der Waals surface area contributed by atoms with Crippen LogP contribution in [0.3, 0.4) is 0 Å². The quantitative estimate of drug-likeness (QED) is 0.161. The minimum absolute atomic E-state index is 0.138. The number of allylic oxidation sites excluding steroid dienone is 1. The average molecular weight is 517 g/mol. The summed E-state index contributed by atoms with van der Waals surface area (Å²) in [5.41, 5.74) is 0. The Morgan fingerprint density at radius 2 is 1.39 bits per heavy atom. The maximum atomic E-state index is 11.8. The summed E-state index contributed by atoms with van der Waals surface area (Å²) in [5, 5.41) is 0.138. The van der Waals surface area contributed by atoms with Crippen LogP contribution in [-0.4, -0.2) is 39.1 Å². The molecule has 0 rings (SSSR count). The van der Waals surface area contributed by atoms with E-state index in [9.17, 15) is 4.79 Å². The van der Waals surface area contributed by atoms with Crippen LogP contribution >= 0.6 is 0 Å². The Balaban J connectivity index is 5.47. The summed E-state index contributed by atoms with van der Waals surface area (Å²) >= 11 is -2.33. The van der Waals surface area contributed by atoms with Gasteiger partial charge in [0.25, 0.3) is 0 Å². The summed E-state index contributed by atoms with van der Waals surface area (Å²) in [4.78, 5) is 11.8. The van der Waals surface area contributed by atoms with Crippen LogP contribution in [0.25, 0.3) is 0 Å². The van der Waals surface area contributed by atoms with Crippen molar-refractivity contribution in [2.24, 2.45) is 0 Å². The van der Waals surface area contributed by atoms with Crippen LogP contribution in [0.1, 0.15) is 93.4 Å². The van der Waals surface area contributed by atoms with Gasteiger partial charge in [0.05, 0.1) is 0 Å². The first-order valence-electron chi connectivity index (χ1n) is 11.8. The third-order valence-corrected chi connectivity index (χ3v) is 28.0. The zero-order valence-electron chi connectivity index (χ0n) is 20.6. The van der Waals surface area contributed by atoms with Crippen LogP contribution in [0.5, 0.6) is 0 Å². The molecule has 0 aromatic rings. The number of aldehydes is 1. The summed E-state index contributed by atoms with van der Waals surface area (Å²) in [7, 11) is -1.91. The van der Waals surface area contributed by atoms with Gasteiger partial charge in [0.15, 0.2) is 0 Å². The van der Waals surface area contributed by atoms with Crippen LogP contribution in [0.4, 0.5) is 0 Å². The Morgan fingerprint density at radius 3 is 1.71 bits per heavy atom. The van der Waals surface area contributed by atoms with Gasteiger partial charge in [-0.1, -0.05) is 0 Å². The first-order chi connectivity index (χ1) is 13.0. The molecule has 2 nitrogen and oxygen atoms in total. The third kappa shape index (κ3) is 9.46. The van der Waals surface area contributed by atoms with Gasteiger partial charge in [-0.05, 0) is 0 Å². The Morgan fingerprint density at radius 1 is 0.964 bits per heavy atom. The molecule has 0 heterocycles. The van der Waals surface area contributed by atoms with Gasteiger partial charge in [0, 0.05) is 0 Å². The molecule has 0 aromatic heterocycles. The normalized spacial score (nSPS) is 15.0. The van der Waals surface area contributed by atoms with Crippen molar-refractivity contribution < 1.29 is 9.22 Å². The topological polar surface area (TPSA) is 26.3 Å². The van der Waals surface area contributed by atoms with Crippen molar-refractivity contribution in [1.82, 2.24) is 0 Å². The molecular weight excluding hydrogens is 467 g/mol. The van der Waals surface area contributed by atoms with Gasteiger partial charge in [0.2, 0.25) is 0 Å². The van der Waals surface area contributed by atoms with Gasteiger partial charge < -0.3 is 0 Å². The van der Waals surface area contributed by atoms with Gasteiger partial charge in [-0.3, -0.25) is 0 Å². The molecule has 166 valence electrons. The summed E-state index contributed by atoms with van der Waals surface area (Å²) in [5.74, 6) is 0. The van der Waals surface area contributed by atoms with Crippen molar-refractivity contribution in [2.45, 2.75) is 131 Å². The van der Waals surface area contributed by atoms with E-state index in [1.165, 1.54) is 51.8 Å². The molecule has 4 heteroatoms. The Bertz CT molecular complexity index is 444. The zero-order chi connectivity index (χ0) is 21.8. The first-order valence-corrected chi connectivity index (χ1v) is 22.2. The Kier molecular flexibility index (Phi) is 13.8. The number of hydrogen-bond acceptors (Lipinski definition) is 2. The summed E-state index contributed by atoms with van der Waals surface area (Å²) in [6.45, 7) is 20.6. The molecule has 0 aliphatic heterocycles. The van der Waals surface area contributed by atoms with Crippen LogP contribution in [-0.2, 0) is 9.22 Å². The van der Waals surface area contributed by atoms with Gasteiger partial charge in [-0.2, -0.15) is 0 Å². The molecule has 1 atom stereocenters. The zero-order valence-corrected chi connectivity index (χ0v) is 24.5. The van der Waals surface area contributed by atoms with Crippen molar-refractivity contribution in [3.63, 3.8) is 0 Å². The van der Waals surface area contributed by atoms with E-state index in [-0.39, 0.29) is 11.1 Å². The van der Waals surface area contributed by atoms with Crippen molar-refractivity contribution in [3.8, 4) is 0 Å². The molecule has 0 radical (unpaired) electrons. The Hall–Kier alpha value is 0.386. The van der Waals surface area contributed by atoms with Crippen molar-refractivity contribution in [1.29, 1.82) is 0 Å². The second kappa shape index (κ2) is 13.6. The van der Waals surface area contributed by atoms with E-state index in [1.54, 1.807) is 3.59 Å². The molecule has 0 amide bonds. The summed E-state index contributed by atoms with van der Waals surface area (Å²) in [6, 6.07) is 0. The van der Waals surface area contributed by atoms with Gasteiger partial charge in [-0.25, -0.2) is 0 Å². The second-order valence-corrected chi connectivity index (χ2v) is 28.9. The predicted octanol–water partition coefficient (Wildman–Crippen LogP) is 8.30. The molecule has 0 bridgehead atoms. The molecule has 28 heavy (non-hydrogen) atoms. The fourth-order valence-corrected chi connectivity index (χ4v) is 20.9. The number of rotatable bonds is 15. The van der Waals surface area contributed by atoms with Crippen molar-refractivity contribution >= 4 is 33.0 Å². The minimum atomic E-state index is -2.33. The average Bonchev–Trinajstić information content (AvgIpc) is 2.63. The SMILES string of the molecule is CCC[CH2][Sn]([CH2]CCC)([CH2]CCC)/[C](C)=C/C[C@@H](C=O)O[Si](C)(C)C(C)(C)C. The van der Waals surface area contributed by atoms with Crippen LogP contribution < -0.4 is 0 Å². The molecular formula is C24H50O2SiSn. The molecule has 0 saturated carbocycles. The van der Waals surface area contributed by atoms with E-state index in [4.69, 9.17) is 4.43 Å². The second-order valence-electron chi connectivity index (χ2n) is 10.3. The number of unbranched alkanes of at least 4 members (excludes halogenated alkanes) is 3. The van der Waals surface area contributed by atoms with Crippen molar-refractivity contribution in [2.75, 3.05) is 0 Å². The van der Waals surface area contributed by atoms with E-state index in [2.05, 4.69) is 67.6 Å². The molecule has 0 saturated heterocycles.